The van der Waals surface area contributed by atoms with Gasteiger partial charge < -0.3 is 10.1 Å². The van der Waals surface area contributed by atoms with E-state index in [2.05, 4.69) is 5.32 Å². The van der Waals surface area contributed by atoms with Gasteiger partial charge in [-0.25, -0.2) is 4.39 Å². The molecular formula is C15H11FN2O2. The molecule has 0 unspecified atom stereocenters. The van der Waals surface area contributed by atoms with E-state index >= 15 is 0 Å². The number of halogens is 1. The van der Waals surface area contributed by atoms with Gasteiger partial charge in [-0.2, -0.15) is 5.26 Å². The third-order valence-corrected chi connectivity index (χ3v) is 2.46. The molecule has 0 aliphatic rings. The van der Waals surface area contributed by atoms with Gasteiger partial charge in [-0.15, -0.1) is 0 Å². The predicted octanol–water partition coefficient (Wildman–Crippen LogP) is 2.71. The molecule has 0 radical (unpaired) electrons. The summed E-state index contributed by atoms with van der Waals surface area (Å²) >= 11 is 0. The molecule has 0 aliphatic heterocycles. The smallest absolute Gasteiger partial charge is 0.262 e. The van der Waals surface area contributed by atoms with E-state index in [1.54, 1.807) is 30.3 Å². The fraction of sp³-hybridized carbons (Fsp3) is 0.0667. The van der Waals surface area contributed by atoms with Crippen LogP contribution in [0.2, 0.25) is 0 Å². The van der Waals surface area contributed by atoms with E-state index in [0.717, 1.165) is 0 Å². The lowest BCUT2D eigenvalue weighted by molar-refractivity contribution is -0.118. The highest BCUT2D eigenvalue weighted by Crippen LogP contribution is 2.12. The van der Waals surface area contributed by atoms with Gasteiger partial charge in [0.2, 0.25) is 0 Å². The van der Waals surface area contributed by atoms with Crippen molar-refractivity contribution in [1.82, 2.24) is 0 Å². The molecule has 0 bridgehead atoms. The number of rotatable bonds is 4. The fourth-order valence-corrected chi connectivity index (χ4v) is 1.53. The number of hydrogen-bond acceptors (Lipinski definition) is 3. The summed E-state index contributed by atoms with van der Waals surface area (Å²) in [4.78, 5) is 11.6. The zero-order valence-corrected chi connectivity index (χ0v) is 10.5. The first-order valence-corrected chi connectivity index (χ1v) is 5.86. The van der Waals surface area contributed by atoms with Crippen LogP contribution in [0.25, 0.3) is 0 Å². The quantitative estimate of drug-likeness (QED) is 0.929. The molecule has 0 saturated heterocycles. The second kappa shape index (κ2) is 6.34. The number of amides is 1. The highest BCUT2D eigenvalue weighted by Gasteiger charge is 2.04. The van der Waals surface area contributed by atoms with Gasteiger partial charge >= 0.3 is 0 Å². The molecule has 1 amide bonds. The molecule has 0 heterocycles. The summed E-state index contributed by atoms with van der Waals surface area (Å²) in [5.41, 5.74) is 1.08. The van der Waals surface area contributed by atoms with E-state index in [1.165, 1.54) is 18.2 Å². The predicted molar refractivity (Wildman–Crippen MR) is 71.7 cm³/mol. The van der Waals surface area contributed by atoms with Crippen molar-refractivity contribution in [2.45, 2.75) is 0 Å². The Labute approximate surface area is 115 Å². The van der Waals surface area contributed by atoms with Gasteiger partial charge in [0.25, 0.3) is 5.91 Å². The van der Waals surface area contributed by atoms with Crippen molar-refractivity contribution in [3.63, 3.8) is 0 Å². The van der Waals surface area contributed by atoms with Crippen LogP contribution in [0.5, 0.6) is 5.75 Å². The minimum atomic E-state index is -0.421. The lowest BCUT2D eigenvalue weighted by atomic mass is 10.2. The first-order chi connectivity index (χ1) is 9.67. The third-order valence-electron chi connectivity index (χ3n) is 2.46. The van der Waals surface area contributed by atoms with Crippen LogP contribution in [-0.4, -0.2) is 12.5 Å². The van der Waals surface area contributed by atoms with Crippen LogP contribution in [0.4, 0.5) is 10.1 Å². The Morgan fingerprint density at radius 2 is 2.00 bits per heavy atom. The van der Waals surface area contributed by atoms with Gasteiger partial charge in [0, 0.05) is 11.8 Å². The maximum absolute atomic E-state index is 12.9. The molecule has 0 saturated carbocycles. The van der Waals surface area contributed by atoms with E-state index < -0.39 is 5.82 Å². The minimum Gasteiger partial charge on any atom is -0.484 e. The lowest BCUT2D eigenvalue weighted by Crippen LogP contribution is -2.20. The van der Waals surface area contributed by atoms with E-state index in [1.807, 2.05) is 6.07 Å². The topological polar surface area (TPSA) is 62.1 Å². The second-order valence-corrected chi connectivity index (χ2v) is 3.98. The fourth-order valence-electron chi connectivity index (χ4n) is 1.53. The summed E-state index contributed by atoms with van der Waals surface area (Å²) in [7, 11) is 0. The minimum absolute atomic E-state index is 0.219. The summed E-state index contributed by atoms with van der Waals surface area (Å²) in [5, 5.41) is 11.3. The number of hydrogen-bond donors (Lipinski definition) is 1. The average Bonchev–Trinajstić information content (AvgIpc) is 2.46. The van der Waals surface area contributed by atoms with Crippen molar-refractivity contribution in [3.8, 4) is 11.8 Å². The van der Waals surface area contributed by atoms with Crippen molar-refractivity contribution in [1.29, 1.82) is 5.26 Å². The van der Waals surface area contributed by atoms with E-state index in [9.17, 15) is 9.18 Å². The number of nitrogens with zero attached hydrogens (tertiary/aromatic N) is 1. The molecule has 0 spiro atoms. The molecule has 2 aromatic rings. The van der Waals surface area contributed by atoms with Crippen molar-refractivity contribution in [3.05, 3.63) is 59.9 Å². The average molecular weight is 270 g/mol. The largest absolute Gasteiger partial charge is 0.484 e. The summed E-state index contributed by atoms with van der Waals surface area (Å²) in [5.74, 6) is -0.492. The molecule has 0 aliphatic carbocycles. The number of nitrogens with one attached hydrogen (secondary N) is 1. The van der Waals surface area contributed by atoms with Gasteiger partial charge in [0.15, 0.2) is 6.61 Å². The van der Waals surface area contributed by atoms with Crippen molar-refractivity contribution >= 4 is 11.6 Å². The molecular weight excluding hydrogens is 259 g/mol. The summed E-state index contributed by atoms with van der Waals surface area (Å²) in [6.45, 7) is -0.219. The molecule has 2 aromatic carbocycles. The van der Waals surface area contributed by atoms with E-state index in [0.29, 0.717) is 17.0 Å². The Morgan fingerprint density at radius 1 is 1.25 bits per heavy atom. The van der Waals surface area contributed by atoms with Crippen LogP contribution in [0, 0.1) is 17.1 Å². The molecule has 1 N–H and O–H groups in total. The van der Waals surface area contributed by atoms with Crippen LogP contribution in [-0.2, 0) is 4.79 Å². The third kappa shape index (κ3) is 3.82. The van der Waals surface area contributed by atoms with Crippen LogP contribution in [0.3, 0.4) is 0 Å². The van der Waals surface area contributed by atoms with Gasteiger partial charge in [0.1, 0.15) is 11.6 Å². The summed E-state index contributed by atoms with van der Waals surface area (Å²) in [6, 6.07) is 14.0. The summed E-state index contributed by atoms with van der Waals surface area (Å²) < 4.78 is 18.1. The zero-order valence-electron chi connectivity index (χ0n) is 10.5. The number of nitriles is 1. The lowest BCUT2D eigenvalue weighted by Gasteiger charge is -2.07. The monoisotopic (exact) mass is 270 g/mol. The Balaban J connectivity index is 1.87. The zero-order chi connectivity index (χ0) is 14.4. The van der Waals surface area contributed by atoms with Crippen LogP contribution in [0.1, 0.15) is 5.56 Å². The van der Waals surface area contributed by atoms with E-state index in [4.69, 9.17) is 10.00 Å². The number of carbonyl (C=O) groups excluding carboxylic acids is 1. The molecule has 4 nitrogen and oxygen atoms in total. The molecule has 0 fully saturated rings. The number of anilines is 1. The highest BCUT2D eigenvalue weighted by atomic mass is 19.1. The highest BCUT2D eigenvalue weighted by molar-refractivity contribution is 5.91. The molecule has 100 valence electrons. The van der Waals surface area contributed by atoms with Gasteiger partial charge in [0.05, 0.1) is 11.6 Å². The molecule has 0 aromatic heterocycles. The standard InChI is InChI=1S/C15H11FN2O2/c16-12-2-1-3-14(8-12)20-10-15(19)18-13-6-4-11(9-17)5-7-13/h1-8H,10H2,(H,18,19). The number of benzene rings is 2. The van der Waals surface area contributed by atoms with Gasteiger partial charge in [-0.3, -0.25) is 4.79 Å². The van der Waals surface area contributed by atoms with Crippen molar-refractivity contribution in [2.24, 2.45) is 0 Å². The molecule has 2 rings (SSSR count). The summed E-state index contributed by atoms with van der Waals surface area (Å²) in [6.07, 6.45) is 0. The Hall–Kier alpha value is -2.87. The Bertz CT molecular complexity index is 648. The Kier molecular flexibility index (Phi) is 4.30. The number of carbonyl (C=O) groups is 1. The maximum atomic E-state index is 12.9. The maximum Gasteiger partial charge on any atom is 0.262 e. The first kappa shape index (κ1) is 13.6. The van der Waals surface area contributed by atoms with Gasteiger partial charge in [-0.05, 0) is 36.4 Å². The molecule has 5 heteroatoms. The second-order valence-electron chi connectivity index (χ2n) is 3.98. The van der Waals surface area contributed by atoms with Crippen LogP contribution < -0.4 is 10.1 Å². The van der Waals surface area contributed by atoms with Crippen molar-refractivity contribution in [2.75, 3.05) is 11.9 Å². The Morgan fingerprint density at radius 3 is 2.65 bits per heavy atom. The van der Waals surface area contributed by atoms with E-state index in [-0.39, 0.29) is 12.5 Å². The number of ether oxygens (including phenoxy) is 1. The van der Waals surface area contributed by atoms with Crippen molar-refractivity contribution < 1.29 is 13.9 Å². The van der Waals surface area contributed by atoms with Gasteiger partial charge in [-0.1, -0.05) is 6.07 Å². The normalized spacial score (nSPS) is 9.60. The van der Waals surface area contributed by atoms with Crippen LogP contribution in [0.15, 0.2) is 48.5 Å². The first-order valence-electron chi connectivity index (χ1n) is 5.86. The SMILES string of the molecule is N#Cc1ccc(NC(=O)COc2cccc(F)c2)cc1. The van der Waals surface area contributed by atoms with Crippen LogP contribution >= 0.6 is 0 Å². The molecule has 20 heavy (non-hydrogen) atoms. The molecule has 0 atom stereocenters.